The SMILES string of the molecule is C#Cc1cn([C@@H]2S[C@H](CO)[C@@H](O)[C@H]2O)c2nc(Cl)nc(N)c12. The van der Waals surface area contributed by atoms with E-state index in [0.29, 0.717) is 16.6 Å². The maximum Gasteiger partial charge on any atom is 0.226 e. The fourth-order valence-corrected chi connectivity index (χ4v) is 4.11. The van der Waals surface area contributed by atoms with Crippen molar-refractivity contribution in [2.75, 3.05) is 12.3 Å². The fraction of sp³-hybridized carbons (Fsp3) is 0.385. The number of terminal acetylenes is 1. The van der Waals surface area contributed by atoms with Crippen LogP contribution in [0.1, 0.15) is 10.9 Å². The summed E-state index contributed by atoms with van der Waals surface area (Å²) in [6.45, 7) is -0.252. The summed E-state index contributed by atoms with van der Waals surface area (Å²) in [6, 6.07) is 0. The van der Waals surface area contributed by atoms with Crippen molar-refractivity contribution in [3.8, 4) is 12.3 Å². The predicted molar refractivity (Wildman–Crippen MR) is 84.4 cm³/mol. The van der Waals surface area contributed by atoms with E-state index in [4.69, 9.17) is 23.8 Å². The summed E-state index contributed by atoms with van der Waals surface area (Å²) in [6.07, 6.45) is 4.96. The number of aliphatic hydroxyl groups excluding tert-OH is 3. The number of thioether (sulfide) groups is 1. The maximum atomic E-state index is 10.2. The number of anilines is 1. The molecule has 1 aliphatic heterocycles. The Balaban J connectivity index is 2.18. The summed E-state index contributed by atoms with van der Waals surface area (Å²) in [5.41, 5.74) is 6.71. The van der Waals surface area contributed by atoms with Gasteiger partial charge in [-0.3, -0.25) is 0 Å². The molecular weight excluding hydrogens is 328 g/mol. The van der Waals surface area contributed by atoms with Gasteiger partial charge in [0.05, 0.1) is 28.9 Å². The van der Waals surface area contributed by atoms with Gasteiger partial charge >= 0.3 is 0 Å². The maximum absolute atomic E-state index is 10.2. The van der Waals surface area contributed by atoms with E-state index < -0.39 is 22.8 Å². The lowest BCUT2D eigenvalue weighted by molar-refractivity contribution is 0.0113. The average Bonchev–Trinajstić information content (AvgIpc) is 2.98. The number of hydrogen-bond donors (Lipinski definition) is 4. The van der Waals surface area contributed by atoms with Crippen LogP contribution in [0.15, 0.2) is 6.20 Å². The fourth-order valence-electron chi connectivity index (χ4n) is 2.56. The lowest BCUT2D eigenvalue weighted by Gasteiger charge is -2.17. The molecule has 0 amide bonds. The third kappa shape index (κ3) is 2.22. The quantitative estimate of drug-likeness (QED) is 0.448. The lowest BCUT2D eigenvalue weighted by Crippen LogP contribution is -2.32. The van der Waals surface area contributed by atoms with Crippen LogP contribution in [-0.4, -0.2) is 53.9 Å². The standard InChI is InChI=1S/C13H13ClN4O3S/c1-2-5-3-18(11-7(5)10(15)16-13(14)17-11)12-9(21)8(20)6(4-19)22-12/h1,3,6,8-9,12,19-21H,4H2,(H2,15,16,17)/t6-,8-,9-,12-/m1/s1. The van der Waals surface area contributed by atoms with Gasteiger partial charge in [-0.25, -0.2) is 4.98 Å². The molecule has 3 rings (SSSR count). The van der Waals surface area contributed by atoms with Crippen LogP contribution in [-0.2, 0) is 0 Å². The molecule has 116 valence electrons. The number of aromatic nitrogens is 3. The van der Waals surface area contributed by atoms with Crippen molar-refractivity contribution in [3.05, 3.63) is 17.0 Å². The average molecular weight is 341 g/mol. The van der Waals surface area contributed by atoms with Gasteiger partial charge in [-0.1, -0.05) is 5.92 Å². The van der Waals surface area contributed by atoms with Crippen molar-refractivity contribution in [1.82, 2.24) is 14.5 Å². The zero-order valence-electron chi connectivity index (χ0n) is 11.2. The Hall–Kier alpha value is -1.50. The van der Waals surface area contributed by atoms with Crippen molar-refractivity contribution in [2.45, 2.75) is 22.8 Å². The third-order valence-electron chi connectivity index (χ3n) is 3.62. The minimum atomic E-state index is -1.08. The summed E-state index contributed by atoms with van der Waals surface area (Å²) in [5.74, 6) is 2.65. The lowest BCUT2D eigenvalue weighted by atomic mass is 10.1. The molecule has 2 aromatic rings. The minimum absolute atomic E-state index is 0.0373. The summed E-state index contributed by atoms with van der Waals surface area (Å²) in [5, 5.41) is 28.8. The molecule has 3 heterocycles. The van der Waals surface area contributed by atoms with Crippen LogP contribution in [0.25, 0.3) is 11.0 Å². The van der Waals surface area contributed by atoms with Gasteiger partial charge in [0.1, 0.15) is 22.9 Å². The Labute approximate surface area is 135 Å². The van der Waals surface area contributed by atoms with E-state index in [9.17, 15) is 15.3 Å². The number of nitrogen functional groups attached to an aromatic ring is 1. The van der Waals surface area contributed by atoms with Crippen LogP contribution >= 0.6 is 23.4 Å². The Morgan fingerprint density at radius 1 is 1.41 bits per heavy atom. The number of aliphatic hydroxyl groups is 3. The van der Waals surface area contributed by atoms with Crippen molar-refractivity contribution in [2.24, 2.45) is 0 Å². The smallest absolute Gasteiger partial charge is 0.226 e. The number of hydrogen-bond acceptors (Lipinski definition) is 7. The molecule has 7 nitrogen and oxygen atoms in total. The largest absolute Gasteiger partial charge is 0.395 e. The number of fused-ring (bicyclic) bond motifs is 1. The van der Waals surface area contributed by atoms with E-state index in [1.54, 1.807) is 10.8 Å². The van der Waals surface area contributed by atoms with Crippen LogP contribution in [0.5, 0.6) is 0 Å². The molecule has 0 aliphatic carbocycles. The monoisotopic (exact) mass is 340 g/mol. The van der Waals surface area contributed by atoms with Gasteiger partial charge in [-0.2, -0.15) is 4.98 Å². The van der Waals surface area contributed by atoms with Gasteiger partial charge in [0.2, 0.25) is 5.28 Å². The number of rotatable bonds is 2. The van der Waals surface area contributed by atoms with E-state index >= 15 is 0 Å². The molecule has 0 aromatic carbocycles. The Kier molecular flexibility index (Phi) is 3.92. The topological polar surface area (TPSA) is 117 Å². The van der Waals surface area contributed by atoms with Gasteiger partial charge in [0, 0.05) is 6.20 Å². The van der Waals surface area contributed by atoms with Gasteiger partial charge < -0.3 is 25.6 Å². The molecule has 0 spiro atoms. The number of nitrogens with zero attached hydrogens (tertiary/aromatic N) is 3. The van der Waals surface area contributed by atoms with Crippen LogP contribution in [0, 0.1) is 12.3 Å². The molecule has 1 fully saturated rings. The number of nitrogens with two attached hydrogens (primary N) is 1. The summed E-state index contributed by atoms with van der Waals surface area (Å²) < 4.78 is 1.61. The molecule has 1 aliphatic rings. The van der Waals surface area contributed by atoms with Crippen LogP contribution in [0.4, 0.5) is 5.82 Å². The molecule has 0 bridgehead atoms. The van der Waals surface area contributed by atoms with E-state index in [0.717, 1.165) is 0 Å². The highest BCUT2D eigenvalue weighted by Gasteiger charge is 2.43. The first-order valence-electron chi connectivity index (χ1n) is 6.40. The second-order valence-corrected chi connectivity index (χ2v) is 6.60. The van der Waals surface area contributed by atoms with Gasteiger partial charge in [-0.05, 0) is 11.6 Å². The van der Waals surface area contributed by atoms with Crippen molar-refractivity contribution in [3.63, 3.8) is 0 Å². The predicted octanol–water partition coefficient (Wildman–Crippen LogP) is -0.0237. The highest BCUT2D eigenvalue weighted by molar-refractivity contribution is 8.00. The zero-order valence-corrected chi connectivity index (χ0v) is 12.8. The summed E-state index contributed by atoms with van der Waals surface area (Å²) in [4.78, 5) is 8.01. The Morgan fingerprint density at radius 3 is 2.73 bits per heavy atom. The second kappa shape index (κ2) is 5.61. The minimum Gasteiger partial charge on any atom is -0.395 e. The first-order valence-corrected chi connectivity index (χ1v) is 7.72. The van der Waals surface area contributed by atoms with E-state index in [-0.39, 0.29) is 17.7 Å². The van der Waals surface area contributed by atoms with Crippen molar-refractivity contribution < 1.29 is 15.3 Å². The molecular formula is C13H13ClN4O3S. The van der Waals surface area contributed by atoms with E-state index in [1.165, 1.54) is 11.8 Å². The third-order valence-corrected chi connectivity index (χ3v) is 5.35. The highest BCUT2D eigenvalue weighted by atomic mass is 35.5. The van der Waals surface area contributed by atoms with E-state index in [1.807, 2.05) is 0 Å². The zero-order chi connectivity index (χ0) is 16.0. The second-order valence-electron chi connectivity index (χ2n) is 4.90. The van der Waals surface area contributed by atoms with Gasteiger partial charge in [0.15, 0.2) is 0 Å². The summed E-state index contributed by atoms with van der Waals surface area (Å²) >= 11 is 7.08. The first-order chi connectivity index (χ1) is 10.5. The Morgan fingerprint density at radius 2 is 2.14 bits per heavy atom. The molecule has 1 saturated heterocycles. The van der Waals surface area contributed by atoms with Gasteiger partial charge in [0.25, 0.3) is 0 Å². The number of halogens is 1. The molecule has 4 atom stereocenters. The van der Waals surface area contributed by atoms with Crippen molar-refractivity contribution >= 4 is 40.2 Å². The van der Waals surface area contributed by atoms with Crippen LogP contribution < -0.4 is 5.73 Å². The Bertz CT molecular complexity index is 775. The first kappa shape index (κ1) is 15.4. The van der Waals surface area contributed by atoms with Crippen LogP contribution in [0.3, 0.4) is 0 Å². The summed E-state index contributed by atoms with van der Waals surface area (Å²) in [7, 11) is 0. The van der Waals surface area contributed by atoms with Crippen LogP contribution in [0.2, 0.25) is 5.28 Å². The molecule has 22 heavy (non-hydrogen) atoms. The molecule has 0 radical (unpaired) electrons. The molecule has 5 N–H and O–H groups in total. The van der Waals surface area contributed by atoms with E-state index in [2.05, 4.69) is 15.9 Å². The molecule has 0 saturated carbocycles. The normalized spacial score (nSPS) is 28.1. The molecule has 2 aromatic heterocycles. The highest BCUT2D eigenvalue weighted by Crippen LogP contribution is 2.44. The van der Waals surface area contributed by atoms with Gasteiger partial charge in [-0.15, -0.1) is 18.2 Å². The molecule has 0 unspecified atom stereocenters. The molecule has 9 heteroatoms. The van der Waals surface area contributed by atoms with Crippen molar-refractivity contribution in [1.29, 1.82) is 0 Å².